The Hall–Kier alpha value is -0.860. The van der Waals surface area contributed by atoms with E-state index >= 15 is 0 Å². The van der Waals surface area contributed by atoms with E-state index in [1.165, 1.54) is 17.5 Å². The highest BCUT2D eigenvalue weighted by molar-refractivity contribution is 5.25. The second kappa shape index (κ2) is 6.53. The molecule has 1 saturated heterocycles. The van der Waals surface area contributed by atoms with Gasteiger partial charge in [-0.05, 0) is 43.7 Å². The summed E-state index contributed by atoms with van der Waals surface area (Å²) >= 11 is 0. The first-order valence-electron chi connectivity index (χ1n) is 7.75. The number of benzene rings is 1. The summed E-state index contributed by atoms with van der Waals surface area (Å²) in [5.41, 5.74) is 8.96. The first kappa shape index (κ1) is 14.5. The normalized spacial score (nSPS) is 26.3. The molecule has 1 aliphatic heterocycles. The fourth-order valence-corrected chi connectivity index (χ4v) is 3.33. The maximum atomic E-state index is 6.08. The van der Waals surface area contributed by atoms with Crippen molar-refractivity contribution in [3.63, 3.8) is 0 Å². The smallest absolute Gasteiger partial charge is 0.0348 e. The Labute approximate surface area is 118 Å². The molecule has 3 atom stereocenters. The molecule has 0 spiro atoms. The van der Waals surface area contributed by atoms with E-state index in [4.69, 9.17) is 5.73 Å². The van der Waals surface area contributed by atoms with Crippen molar-refractivity contribution < 1.29 is 0 Å². The molecule has 1 fully saturated rings. The van der Waals surface area contributed by atoms with E-state index in [1.54, 1.807) is 0 Å². The van der Waals surface area contributed by atoms with Crippen LogP contribution in [0.25, 0.3) is 0 Å². The maximum Gasteiger partial charge on any atom is 0.0348 e. The van der Waals surface area contributed by atoms with E-state index in [1.807, 2.05) is 0 Å². The molecule has 0 bridgehead atoms. The number of nitrogens with zero attached hydrogens (tertiary/aromatic N) is 1. The van der Waals surface area contributed by atoms with Crippen LogP contribution in [-0.4, -0.2) is 23.5 Å². The molecule has 1 aromatic carbocycles. The summed E-state index contributed by atoms with van der Waals surface area (Å²) in [6, 6.07) is 10.7. The highest BCUT2D eigenvalue weighted by Gasteiger charge is 2.28. The van der Waals surface area contributed by atoms with Crippen molar-refractivity contribution in [1.29, 1.82) is 0 Å². The number of aryl methyl sites for hydroxylation is 1. The molecule has 1 aromatic rings. The van der Waals surface area contributed by atoms with Crippen molar-refractivity contribution in [2.75, 3.05) is 6.54 Å². The zero-order chi connectivity index (χ0) is 13.8. The minimum atomic E-state index is 0.395. The molecule has 2 nitrogen and oxygen atoms in total. The lowest BCUT2D eigenvalue weighted by Gasteiger charge is -2.41. The average molecular weight is 260 g/mol. The topological polar surface area (TPSA) is 29.3 Å². The van der Waals surface area contributed by atoms with Crippen molar-refractivity contribution in [2.24, 2.45) is 5.73 Å². The van der Waals surface area contributed by atoms with Crippen molar-refractivity contribution >= 4 is 0 Å². The molecule has 106 valence electrons. The summed E-state index contributed by atoms with van der Waals surface area (Å²) in [7, 11) is 0. The molecular formula is C17H28N2. The SMILES string of the molecule is CCc1ccc(C(CC)N2CCC(N)CC2C)cc1. The number of likely N-dealkylation sites (tertiary alicyclic amines) is 1. The van der Waals surface area contributed by atoms with Crippen molar-refractivity contribution in [2.45, 2.75) is 64.6 Å². The van der Waals surface area contributed by atoms with Crippen molar-refractivity contribution in [1.82, 2.24) is 4.90 Å². The molecule has 0 aromatic heterocycles. The van der Waals surface area contributed by atoms with Gasteiger partial charge in [0.2, 0.25) is 0 Å². The molecule has 19 heavy (non-hydrogen) atoms. The number of hydrogen-bond donors (Lipinski definition) is 1. The van der Waals surface area contributed by atoms with Gasteiger partial charge in [0.25, 0.3) is 0 Å². The molecule has 2 rings (SSSR count). The first-order chi connectivity index (χ1) is 9.15. The van der Waals surface area contributed by atoms with Gasteiger partial charge in [-0.3, -0.25) is 4.90 Å². The van der Waals surface area contributed by atoms with E-state index < -0.39 is 0 Å². The highest BCUT2D eigenvalue weighted by atomic mass is 15.2. The number of piperidine rings is 1. The zero-order valence-corrected chi connectivity index (χ0v) is 12.6. The fraction of sp³-hybridized carbons (Fsp3) is 0.647. The Balaban J connectivity index is 2.14. The molecule has 1 aliphatic rings. The second-order valence-corrected chi connectivity index (χ2v) is 5.89. The molecule has 0 amide bonds. The van der Waals surface area contributed by atoms with Crippen LogP contribution in [0.15, 0.2) is 24.3 Å². The lowest BCUT2D eigenvalue weighted by Crippen LogP contribution is -2.46. The maximum absolute atomic E-state index is 6.08. The van der Waals surface area contributed by atoms with E-state index in [0.29, 0.717) is 18.1 Å². The third-order valence-electron chi connectivity index (χ3n) is 4.53. The van der Waals surface area contributed by atoms with Gasteiger partial charge in [0.1, 0.15) is 0 Å². The van der Waals surface area contributed by atoms with E-state index in [0.717, 1.165) is 25.8 Å². The van der Waals surface area contributed by atoms with E-state index in [-0.39, 0.29) is 0 Å². The lowest BCUT2D eigenvalue weighted by molar-refractivity contribution is 0.0928. The number of hydrogen-bond acceptors (Lipinski definition) is 2. The lowest BCUT2D eigenvalue weighted by atomic mass is 9.93. The Morgan fingerprint density at radius 2 is 1.95 bits per heavy atom. The summed E-state index contributed by atoms with van der Waals surface area (Å²) in [4.78, 5) is 2.64. The summed E-state index contributed by atoms with van der Waals surface area (Å²) in [5.74, 6) is 0. The fourth-order valence-electron chi connectivity index (χ4n) is 3.33. The zero-order valence-electron chi connectivity index (χ0n) is 12.6. The van der Waals surface area contributed by atoms with Gasteiger partial charge in [-0.2, -0.15) is 0 Å². The molecule has 0 radical (unpaired) electrons. The van der Waals surface area contributed by atoms with Crippen LogP contribution in [0, 0.1) is 0 Å². The van der Waals surface area contributed by atoms with Crippen molar-refractivity contribution in [3.05, 3.63) is 35.4 Å². The van der Waals surface area contributed by atoms with Crippen molar-refractivity contribution in [3.8, 4) is 0 Å². The van der Waals surface area contributed by atoms with Gasteiger partial charge in [0.05, 0.1) is 0 Å². The van der Waals surface area contributed by atoms with Gasteiger partial charge in [-0.1, -0.05) is 38.1 Å². The van der Waals surface area contributed by atoms with E-state index in [2.05, 4.69) is 49.9 Å². The van der Waals surface area contributed by atoms with Crippen LogP contribution in [0.4, 0.5) is 0 Å². The predicted molar refractivity (Wildman–Crippen MR) is 82.2 cm³/mol. The van der Waals surface area contributed by atoms with Gasteiger partial charge in [0.15, 0.2) is 0 Å². The van der Waals surface area contributed by atoms with Crippen LogP contribution >= 0.6 is 0 Å². The third kappa shape index (κ3) is 3.37. The summed E-state index contributed by atoms with van der Waals surface area (Å²) < 4.78 is 0. The summed E-state index contributed by atoms with van der Waals surface area (Å²) in [6.07, 6.45) is 4.55. The minimum absolute atomic E-state index is 0.395. The van der Waals surface area contributed by atoms with Gasteiger partial charge in [-0.25, -0.2) is 0 Å². The Morgan fingerprint density at radius 3 is 2.47 bits per heavy atom. The van der Waals surface area contributed by atoms with Crippen LogP contribution in [0.3, 0.4) is 0 Å². The largest absolute Gasteiger partial charge is 0.328 e. The first-order valence-corrected chi connectivity index (χ1v) is 7.75. The molecule has 2 N–H and O–H groups in total. The minimum Gasteiger partial charge on any atom is -0.328 e. The van der Waals surface area contributed by atoms with Crippen LogP contribution in [0.1, 0.15) is 57.2 Å². The Kier molecular flexibility index (Phi) is 5.00. The molecule has 0 aliphatic carbocycles. The van der Waals surface area contributed by atoms with Crippen LogP contribution < -0.4 is 5.73 Å². The molecule has 3 unspecified atom stereocenters. The Bertz CT molecular complexity index is 385. The van der Waals surface area contributed by atoms with E-state index in [9.17, 15) is 0 Å². The summed E-state index contributed by atoms with van der Waals surface area (Å²) in [6.45, 7) is 7.96. The predicted octanol–water partition coefficient (Wildman–Crippen LogP) is 3.51. The summed E-state index contributed by atoms with van der Waals surface area (Å²) in [5, 5.41) is 0. The standard InChI is InChI=1S/C17H28N2/c1-4-14-6-8-15(9-7-14)17(5-2)19-11-10-16(18)12-13(19)3/h6-9,13,16-17H,4-5,10-12,18H2,1-3H3. The molecular weight excluding hydrogens is 232 g/mol. The Morgan fingerprint density at radius 1 is 1.26 bits per heavy atom. The molecule has 1 heterocycles. The third-order valence-corrected chi connectivity index (χ3v) is 4.53. The molecule has 0 saturated carbocycles. The van der Waals surface area contributed by atoms with Gasteiger partial charge >= 0.3 is 0 Å². The highest BCUT2D eigenvalue weighted by Crippen LogP contribution is 2.30. The second-order valence-electron chi connectivity index (χ2n) is 5.89. The monoisotopic (exact) mass is 260 g/mol. The molecule has 2 heteroatoms. The number of nitrogens with two attached hydrogens (primary N) is 1. The average Bonchev–Trinajstić information content (AvgIpc) is 2.42. The number of rotatable bonds is 4. The quantitative estimate of drug-likeness (QED) is 0.897. The van der Waals surface area contributed by atoms with Gasteiger partial charge in [-0.15, -0.1) is 0 Å². The van der Waals surface area contributed by atoms with Crippen LogP contribution in [-0.2, 0) is 6.42 Å². The van der Waals surface area contributed by atoms with Crippen LogP contribution in [0.2, 0.25) is 0 Å². The van der Waals surface area contributed by atoms with Gasteiger partial charge < -0.3 is 5.73 Å². The van der Waals surface area contributed by atoms with Crippen LogP contribution in [0.5, 0.6) is 0 Å². The van der Waals surface area contributed by atoms with Gasteiger partial charge in [0, 0.05) is 24.7 Å².